The maximum absolute atomic E-state index is 12.4. The van der Waals surface area contributed by atoms with E-state index in [1.165, 1.54) is 4.68 Å². The third-order valence-electron chi connectivity index (χ3n) is 3.53. The number of para-hydroxylation sites is 1. The Morgan fingerprint density at radius 3 is 2.43 bits per heavy atom. The summed E-state index contributed by atoms with van der Waals surface area (Å²) < 4.78 is 1.34. The molecular weight excluding hydrogens is 306 g/mol. The lowest BCUT2D eigenvalue weighted by Crippen LogP contribution is -2.26. The molecule has 4 nitrogen and oxygen atoms in total. The van der Waals surface area contributed by atoms with Gasteiger partial charge in [-0.3, -0.25) is 0 Å². The second kappa shape index (κ2) is 6.79. The highest BCUT2D eigenvalue weighted by atomic mass is 32.1. The lowest BCUT2D eigenvalue weighted by Gasteiger charge is -2.12. The Bertz CT molecular complexity index is 875. The predicted molar refractivity (Wildman–Crippen MR) is 94.3 cm³/mol. The molecule has 3 aromatic rings. The second-order valence-corrected chi connectivity index (χ2v) is 5.69. The molecule has 1 heterocycles. The van der Waals surface area contributed by atoms with Gasteiger partial charge in [0.2, 0.25) is 0 Å². The highest BCUT2D eigenvalue weighted by Gasteiger charge is 2.14. The molecule has 1 aromatic heterocycles. The first-order chi connectivity index (χ1) is 11.2. The minimum Gasteiger partial charge on any atom is -0.244 e. The monoisotopic (exact) mass is 323 g/mol. The maximum atomic E-state index is 12.4. The lowest BCUT2D eigenvalue weighted by molar-refractivity contribution is 0.731. The third-order valence-corrected chi connectivity index (χ3v) is 3.92. The molecule has 0 saturated heterocycles. The Balaban J connectivity index is 2.25. The molecule has 5 heteroatoms. The van der Waals surface area contributed by atoms with Gasteiger partial charge in [0.25, 0.3) is 0 Å². The average molecular weight is 323 g/mol. The Morgan fingerprint density at radius 2 is 1.74 bits per heavy atom. The van der Waals surface area contributed by atoms with Crippen molar-refractivity contribution in [2.24, 2.45) is 0 Å². The number of benzene rings is 2. The zero-order chi connectivity index (χ0) is 16.2. The number of hydrogen-bond acceptors (Lipinski definition) is 4. The zero-order valence-electron chi connectivity index (χ0n) is 12.8. The van der Waals surface area contributed by atoms with Gasteiger partial charge in [0.05, 0.1) is 11.4 Å². The van der Waals surface area contributed by atoms with Crippen LogP contribution in [0.15, 0.2) is 64.3 Å². The van der Waals surface area contributed by atoms with Crippen molar-refractivity contribution in [3.8, 4) is 16.9 Å². The van der Waals surface area contributed by atoms with Crippen molar-refractivity contribution in [2.75, 3.05) is 0 Å². The molecule has 3 rings (SSSR count). The van der Waals surface area contributed by atoms with Crippen molar-refractivity contribution in [2.45, 2.75) is 24.7 Å². The van der Waals surface area contributed by atoms with E-state index < -0.39 is 0 Å². The van der Waals surface area contributed by atoms with E-state index >= 15 is 0 Å². The topological polar surface area (TPSA) is 47.8 Å². The van der Waals surface area contributed by atoms with Gasteiger partial charge >= 0.3 is 5.69 Å². The van der Waals surface area contributed by atoms with E-state index in [0.717, 1.165) is 16.9 Å². The molecule has 0 radical (unpaired) electrons. The molecule has 0 spiro atoms. The summed E-state index contributed by atoms with van der Waals surface area (Å²) in [6, 6.07) is 17.0. The first-order valence-electron chi connectivity index (χ1n) is 7.54. The van der Waals surface area contributed by atoms with Crippen LogP contribution in [0.5, 0.6) is 0 Å². The minimum atomic E-state index is -0.361. The third kappa shape index (κ3) is 3.19. The van der Waals surface area contributed by atoms with E-state index in [9.17, 15) is 4.79 Å². The van der Waals surface area contributed by atoms with Crippen LogP contribution < -0.4 is 5.69 Å². The fourth-order valence-electron chi connectivity index (χ4n) is 2.45. The van der Waals surface area contributed by atoms with Gasteiger partial charge in [0.15, 0.2) is 0 Å². The van der Waals surface area contributed by atoms with Gasteiger partial charge in [-0.25, -0.2) is 4.79 Å². The smallest absolute Gasteiger partial charge is 0.244 e. The SMILES string of the molecule is CCCc1nc(=O)n(-c2ccccc2)nc1-c1ccccc1S. The molecule has 0 fully saturated rings. The summed E-state index contributed by atoms with van der Waals surface area (Å²) in [5.41, 5.74) is 2.65. The number of nitrogens with zero attached hydrogens (tertiary/aromatic N) is 3. The average Bonchev–Trinajstić information content (AvgIpc) is 2.57. The summed E-state index contributed by atoms with van der Waals surface area (Å²) in [5, 5.41) is 4.58. The van der Waals surface area contributed by atoms with Gasteiger partial charge in [0.1, 0.15) is 5.69 Å². The largest absolute Gasteiger partial charge is 0.369 e. The molecule has 0 N–H and O–H groups in total. The summed E-state index contributed by atoms with van der Waals surface area (Å²) in [5.74, 6) is 0. The number of thiol groups is 1. The van der Waals surface area contributed by atoms with E-state index in [4.69, 9.17) is 0 Å². The number of aromatic nitrogens is 3. The fraction of sp³-hybridized carbons (Fsp3) is 0.167. The summed E-state index contributed by atoms with van der Waals surface area (Å²) in [4.78, 5) is 17.4. The van der Waals surface area contributed by atoms with Gasteiger partial charge in [-0.15, -0.1) is 12.6 Å². The van der Waals surface area contributed by atoms with Crippen molar-refractivity contribution < 1.29 is 0 Å². The summed E-state index contributed by atoms with van der Waals surface area (Å²) in [6.07, 6.45) is 1.60. The van der Waals surface area contributed by atoms with Crippen LogP contribution in [-0.4, -0.2) is 14.8 Å². The number of hydrogen-bond donors (Lipinski definition) is 1. The highest BCUT2D eigenvalue weighted by Crippen LogP contribution is 2.26. The van der Waals surface area contributed by atoms with Crippen LogP contribution in [0.25, 0.3) is 16.9 Å². The minimum absolute atomic E-state index is 0.361. The van der Waals surface area contributed by atoms with Gasteiger partial charge in [-0.05, 0) is 24.6 Å². The van der Waals surface area contributed by atoms with E-state index in [-0.39, 0.29) is 5.69 Å². The molecule has 0 aliphatic carbocycles. The number of aryl methyl sites for hydroxylation is 1. The number of rotatable bonds is 4. The van der Waals surface area contributed by atoms with E-state index in [1.807, 2.05) is 54.6 Å². The summed E-state index contributed by atoms with van der Waals surface area (Å²) in [7, 11) is 0. The molecule has 0 amide bonds. The molecule has 23 heavy (non-hydrogen) atoms. The summed E-state index contributed by atoms with van der Waals surface area (Å²) in [6.45, 7) is 2.06. The quantitative estimate of drug-likeness (QED) is 0.747. The van der Waals surface area contributed by atoms with Crippen LogP contribution in [0.3, 0.4) is 0 Å². The van der Waals surface area contributed by atoms with Crippen molar-refractivity contribution in [1.82, 2.24) is 14.8 Å². The highest BCUT2D eigenvalue weighted by molar-refractivity contribution is 7.80. The van der Waals surface area contributed by atoms with Crippen LogP contribution in [-0.2, 0) is 6.42 Å². The van der Waals surface area contributed by atoms with Gasteiger partial charge in [-0.1, -0.05) is 49.7 Å². The van der Waals surface area contributed by atoms with Crippen molar-refractivity contribution >= 4 is 12.6 Å². The molecule has 0 bridgehead atoms. The molecule has 0 unspecified atom stereocenters. The van der Waals surface area contributed by atoms with Crippen LogP contribution in [0.4, 0.5) is 0 Å². The molecule has 2 aromatic carbocycles. The van der Waals surface area contributed by atoms with Gasteiger partial charge < -0.3 is 0 Å². The predicted octanol–water partition coefficient (Wildman–Crippen LogP) is 3.54. The molecule has 0 saturated carbocycles. The van der Waals surface area contributed by atoms with Crippen molar-refractivity contribution in [1.29, 1.82) is 0 Å². The van der Waals surface area contributed by atoms with Crippen molar-refractivity contribution in [3.05, 3.63) is 70.8 Å². The second-order valence-electron chi connectivity index (χ2n) is 5.20. The Labute approximate surface area is 140 Å². The van der Waals surface area contributed by atoms with E-state index in [1.54, 1.807) is 0 Å². The van der Waals surface area contributed by atoms with Gasteiger partial charge in [0, 0.05) is 10.5 Å². The lowest BCUT2D eigenvalue weighted by atomic mass is 10.1. The van der Waals surface area contributed by atoms with E-state index in [2.05, 4.69) is 29.6 Å². The zero-order valence-corrected chi connectivity index (χ0v) is 13.7. The molecular formula is C18H17N3OS. The normalized spacial score (nSPS) is 10.7. The maximum Gasteiger partial charge on any atom is 0.369 e. The molecule has 116 valence electrons. The van der Waals surface area contributed by atoms with Crippen LogP contribution in [0.1, 0.15) is 19.0 Å². The molecule has 0 aliphatic heterocycles. The molecule has 0 atom stereocenters. The van der Waals surface area contributed by atoms with Crippen LogP contribution in [0, 0.1) is 0 Å². The molecule has 0 aliphatic rings. The van der Waals surface area contributed by atoms with Gasteiger partial charge in [-0.2, -0.15) is 14.8 Å². The Morgan fingerprint density at radius 1 is 1.04 bits per heavy atom. The summed E-state index contributed by atoms with van der Waals surface area (Å²) >= 11 is 4.52. The fourth-order valence-corrected chi connectivity index (χ4v) is 2.71. The first-order valence-corrected chi connectivity index (χ1v) is 7.99. The van der Waals surface area contributed by atoms with Crippen LogP contribution >= 0.6 is 12.6 Å². The van der Waals surface area contributed by atoms with Crippen molar-refractivity contribution in [3.63, 3.8) is 0 Å². The Hall–Kier alpha value is -2.40. The standard InChI is InChI=1S/C18H17N3OS/c1-2-8-15-17(14-11-6-7-12-16(14)23)20-21(18(22)19-15)13-9-4-3-5-10-13/h3-7,9-12,23H,2,8H2,1H3. The Kier molecular flexibility index (Phi) is 4.57. The first kappa shape index (κ1) is 15.5. The van der Waals surface area contributed by atoms with Crippen LogP contribution in [0.2, 0.25) is 0 Å². The van der Waals surface area contributed by atoms with E-state index in [0.29, 0.717) is 23.5 Å².